The summed E-state index contributed by atoms with van der Waals surface area (Å²) in [6.07, 6.45) is 1.77. The number of para-hydroxylation sites is 1. The van der Waals surface area contributed by atoms with E-state index < -0.39 is 15.9 Å². The zero-order chi connectivity index (χ0) is 24.7. The van der Waals surface area contributed by atoms with Crippen LogP contribution in [0.3, 0.4) is 0 Å². The molecule has 0 aliphatic rings. The highest BCUT2D eigenvalue weighted by Crippen LogP contribution is 2.25. The molecule has 7 nitrogen and oxygen atoms in total. The first-order valence-corrected chi connectivity index (χ1v) is 12.3. The van der Waals surface area contributed by atoms with Crippen LogP contribution in [0.2, 0.25) is 0 Å². The minimum atomic E-state index is -3.95. The highest BCUT2D eigenvalue weighted by atomic mass is 32.2. The molecular formula is C26H29N3O4S. The fourth-order valence-electron chi connectivity index (χ4n) is 3.85. The Bertz CT molecular complexity index is 1270. The van der Waals surface area contributed by atoms with Crippen LogP contribution in [0, 0.1) is 20.8 Å². The molecular weight excluding hydrogens is 450 g/mol. The third-order valence-corrected chi connectivity index (χ3v) is 7.50. The summed E-state index contributed by atoms with van der Waals surface area (Å²) in [5.41, 5.74) is 6.02. The molecule has 3 aromatic carbocycles. The topological polar surface area (TPSA) is 99.1 Å². The van der Waals surface area contributed by atoms with Crippen LogP contribution in [0.25, 0.3) is 0 Å². The summed E-state index contributed by atoms with van der Waals surface area (Å²) in [6.45, 7) is 5.19. The number of carbonyl (C=O) groups excluding carboxylic acids is 1. The number of sulfonamides is 1. The van der Waals surface area contributed by atoms with Crippen LogP contribution < -0.4 is 5.43 Å². The molecule has 3 aromatic rings. The largest absolute Gasteiger partial charge is 0.507 e. The number of hydrogen-bond donors (Lipinski definition) is 2. The van der Waals surface area contributed by atoms with Crippen LogP contribution in [-0.4, -0.2) is 43.0 Å². The number of nitrogens with one attached hydrogen (secondary N) is 1. The molecule has 3 rings (SSSR count). The summed E-state index contributed by atoms with van der Waals surface area (Å²) in [5, 5.41) is 13.7. The Kier molecular flexibility index (Phi) is 8.20. The maximum absolute atomic E-state index is 13.7. The Morgan fingerprint density at radius 2 is 1.62 bits per heavy atom. The van der Waals surface area contributed by atoms with Gasteiger partial charge in [0.2, 0.25) is 10.0 Å². The summed E-state index contributed by atoms with van der Waals surface area (Å²) < 4.78 is 28.5. The molecule has 0 bridgehead atoms. The predicted molar refractivity (Wildman–Crippen MR) is 133 cm³/mol. The van der Waals surface area contributed by atoms with Crippen molar-refractivity contribution < 1.29 is 18.3 Å². The molecule has 2 N–H and O–H groups in total. The van der Waals surface area contributed by atoms with E-state index in [1.165, 1.54) is 16.6 Å². The van der Waals surface area contributed by atoms with E-state index in [0.717, 1.165) is 11.1 Å². The molecule has 0 saturated heterocycles. The van der Waals surface area contributed by atoms with E-state index in [1.807, 2.05) is 49.4 Å². The van der Waals surface area contributed by atoms with Crippen molar-refractivity contribution in [1.29, 1.82) is 0 Å². The molecule has 0 aliphatic carbocycles. The van der Waals surface area contributed by atoms with Gasteiger partial charge in [-0.3, -0.25) is 4.79 Å². The number of phenolic OH excluding ortho intramolecular Hbond substituents is 1. The van der Waals surface area contributed by atoms with Gasteiger partial charge < -0.3 is 5.11 Å². The molecule has 34 heavy (non-hydrogen) atoms. The summed E-state index contributed by atoms with van der Waals surface area (Å²) in [7, 11) is -3.95. The predicted octanol–water partition coefficient (Wildman–Crippen LogP) is 3.70. The summed E-state index contributed by atoms with van der Waals surface area (Å²) in [4.78, 5) is 12.9. The van der Waals surface area contributed by atoms with Gasteiger partial charge in [0.05, 0.1) is 17.7 Å². The lowest BCUT2D eigenvalue weighted by atomic mass is 10.1. The van der Waals surface area contributed by atoms with E-state index in [-0.39, 0.29) is 23.7 Å². The minimum absolute atomic E-state index is 0.0258. The molecule has 0 spiro atoms. The molecule has 0 atom stereocenters. The fourth-order valence-corrected chi connectivity index (χ4v) is 5.66. The number of phenols is 1. The number of benzene rings is 3. The summed E-state index contributed by atoms with van der Waals surface area (Å²) >= 11 is 0. The average Bonchev–Trinajstić information content (AvgIpc) is 2.77. The first-order chi connectivity index (χ1) is 16.2. The molecule has 0 fully saturated rings. The lowest BCUT2D eigenvalue weighted by Crippen LogP contribution is -2.41. The Balaban J connectivity index is 1.83. The van der Waals surface area contributed by atoms with Crippen molar-refractivity contribution in [3.63, 3.8) is 0 Å². The maximum Gasteiger partial charge on any atom is 0.255 e. The Morgan fingerprint density at radius 3 is 2.26 bits per heavy atom. The second kappa shape index (κ2) is 11.1. The standard InChI is InChI=1S/C26H29N3O4S/c1-19-15-20(2)26(21(3)16-19)34(32,33)29(14-13-22-9-5-4-6-10-22)18-25(31)28-27-17-23-11-7-8-12-24(23)30/h4-12,15-17,30H,13-14,18H2,1-3H3,(H,28,31)/b27-17+. The molecule has 0 unspecified atom stereocenters. The number of rotatable bonds is 9. The Labute approximate surface area is 200 Å². The quantitative estimate of drug-likeness (QED) is 0.361. The van der Waals surface area contributed by atoms with Crippen molar-refractivity contribution in [3.8, 4) is 5.75 Å². The van der Waals surface area contributed by atoms with Gasteiger partial charge in [0.15, 0.2) is 0 Å². The van der Waals surface area contributed by atoms with Crippen LogP contribution in [0.15, 0.2) is 76.7 Å². The number of hydrogen-bond acceptors (Lipinski definition) is 5. The number of hydrazone groups is 1. The molecule has 0 aliphatic heterocycles. The van der Waals surface area contributed by atoms with Gasteiger partial charge in [-0.2, -0.15) is 9.41 Å². The van der Waals surface area contributed by atoms with Gasteiger partial charge in [-0.05, 0) is 56.0 Å². The fraction of sp³-hybridized carbons (Fsp3) is 0.231. The van der Waals surface area contributed by atoms with Crippen LogP contribution in [-0.2, 0) is 21.2 Å². The number of nitrogens with zero attached hydrogens (tertiary/aromatic N) is 2. The van der Waals surface area contributed by atoms with Gasteiger partial charge in [0.25, 0.3) is 5.91 Å². The van der Waals surface area contributed by atoms with Gasteiger partial charge in [-0.1, -0.05) is 60.2 Å². The van der Waals surface area contributed by atoms with Gasteiger partial charge >= 0.3 is 0 Å². The molecule has 0 aromatic heterocycles. The van der Waals surface area contributed by atoms with Crippen molar-refractivity contribution in [1.82, 2.24) is 9.73 Å². The number of aryl methyl sites for hydroxylation is 3. The first kappa shape index (κ1) is 25.1. The minimum Gasteiger partial charge on any atom is -0.507 e. The Morgan fingerprint density at radius 1 is 1.00 bits per heavy atom. The van der Waals surface area contributed by atoms with E-state index in [4.69, 9.17) is 0 Å². The zero-order valence-electron chi connectivity index (χ0n) is 19.5. The second-order valence-corrected chi connectivity index (χ2v) is 10.0. The summed E-state index contributed by atoms with van der Waals surface area (Å²) in [5.74, 6) is -0.552. The van der Waals surface area contributed by atoms with Crippen molar-refractivity contribution in [2.75, 3.05) is 13.1 Å². The lowest BCUT2D eigenvalue weighted by Gasteiger charge is -2.24. The van der Waals surface area contributed by atoms with Crippen molar-refractivity contribution in [2.45, 2.75) is 32.1 Å². The SMILES string of the molecule is Cc1cc(C)c(S(=O)(=O)N(CCc2ccccc2)CC(=O)N/N=C/c2ccccc2O)c(C)c1. The zero-order valence-corrected chi connectivity index (χ0v) is 20.3. The van der Waals surface area contributed by atoms with Crippen molar-refractivity contribution in [2.24, 2.45) is 5.10 Å². The van der Waals surface area contributed by atoms with E-state index in [2.05, 4.69) is 10.5 Å². The van der Waals surface area contributed by atoms with Crippen molar-refractivity contribution >= 4 is 22.1 Å². The van der Waals surface area contributed by atoms with E-state index in [9.17, 15) is 18.3 Å². The van der Waals surface area contributed by atoms with Crippen LogP contribution in [0.5, 0.6) is 5.75 Å². The van der Waals surface area contributed by atoms with Crippen molar-refractivity contribution in [3.05, 3.63) is 94.5 Å². The third-order valence-electron chi connectivity index (χ3n) is 5.34. The Hall–Kier alpha value is -3.49. The van der Waals surface area contributed by atoms with E-state index >= 15 is 0 Å². The molecule has 178 valence electrons. The highest BCUT2D eigenvalue weighted by molar-refractivity contribution is 7.89. The first-order valence-electron chi connectivity index (χ1n) is 10.9. The summed E-state index contributed by atoms with van der Waals surface area (Å²) in [6, 6.07) is 19.7. The highest BCUT2D eigenvalue weighted by Gasteiger charge is 2.29. The second-order valence-electron chi connectivity index (χ2n) is 8.15. The maximum atomic E-state index is 13.7. The van der Waals surface area contributed by atoms with Crippen LogP contribution in [0.4, 0.5) is 0 Å². The van der Waals surface area contributed by atoms with Gasteiger partial charge in [0.1, 0.15) is 5.75 Å². The van der Waals surface area contributed by atoms with Gasteiger partial charge in [-0.15, -0.1) is 0 Å². The van der Waals surface area contributed by atoms with E-state index in [0.29, 0.717) is 23.1 Å². The smallest absolute Gasteiger partial charge is 0.255 e. The van der Waals surface area contributed by atoms with Crippen LogP contribution in [0.1, 0.15) is 27.8 Å². The normalized spacial score (nSPS) is 11.8. The third kappa shape index (κ3) is 6.30. The molecule has 0 radical (unpaired) electrons. The van der Waals surface area contributed by atoms with E-state index in [1.54, 1.807) is 32.0 Å². The van der Waals surface area contributed by atoms with Gasteiger partial charge in [-0.25, -0.2) is 13.8 Å². The molecule has 1 amide bonds. The molecule has 8 heteroatoms. The average molecular weight is 480 g/mol. The number of amides is 1. The number of carbonyl (C=O) groups is 1. The molecule has 0 saturated carbocycles. The lowest BCUT2D eigenvalue weighted by molar-refractivity contribution is -0.121. The molecule has 0 heterocycles. The monoisotopic (exact) mass is 479 g/mol. The number of aromatic hydroxyl groups is 1. The van der Waals surface area contributed by atoms with Crippen LogP contribution >= 0.6 is 0 Å². The van der Waals surface area contributed by atoms with Gasteiger partial charge in [0, 0.05) is 12.1 Å².